The van der Waals surface area contributed by atoms with E-state index in [0.29, 0.717) is 23.6 Å². The van der Waals surface area contributed by atoms with Crippen LogP contribution in [-0.2, 0) is 9.53 Å². The number of aromatic nitrogens is 1. The Morgan fingerprint density at radius 2 is 1.69 bits per heavy atom. The van der Waals surface area contributed by atoms with E-state index in [-0.39, 0.29) is 17.9 Å². The summed E-state index contributed by atoms with van der Waals surface area (Å²) in [6.45, 7) is 4.80. The van der Waals surface area contributed by atoms with E-state index < -0.39 is 0 Å². The summed E-state index contributed by atoms with van der Waals surface area (Å²) >= 11 is 0. The minimum atomic E-state index is -0.354. The van der Waals surface area contributed by atoms with Crippen LogP contribution >= 0.6 is 0 Å². The Balaban J connectivity index is 1.46. The van der Waals surface area contributed by atoms with Gasteiger partial charge in [0.1, 0.15) is 11.4 Å². The molecule has 1 aliphatic carbocycles. The lowest BCUT2D eigenvalue weighted by atomic mass is 9.80. The smallest absolute Gasteiger partial charge is 0.339 e. The van der Waals surface area contributed by atoms with Crippen molar-refractivity contribution in [3.8, 4) is 17.6 Å². The Labute approximate surface area is 209 Å². The van der Waals surface area contributed by atoms with Crippen LogP contribution in [0.15, 0.2) is 42.6 Å². The van der Waals surface area contributed by atoms with Crippen molar-refractivity contribution in [3.63, 3.8) is 0 Å². The Morgan fingerprint density at radius 3 is 2.34 bits per heavy atom. The number of ether oxygens (including phenoxy) is 2. The van der Waals surface area contributed by atoms with Gasteiger partial charge in [-0.25, -0.2) is 9.78 Å². The monoisotopic (exact) mass is 475 g/mol. The topological polar surface area (TPSA) is 65.5 Å². The second-order valence-corrected chi connectivity index (χ2v) is 9.33. The molecule has 1 saturated carbocycles. The maximum absolute atomic E-state index is 12.5. The molecule has 0 aliphatic heterocycles. The zero-order chi connectivity index (χ0) is 24.9. The van der Waals surface area contributed by atoms with Crippen molar-refractivity contribution in [2.24, 2.45) is 11.8 Å². The van der Waals surface area contributed by atoms with Crippen LogP contribution < -0.4 is 4.74 Å². The quantitative estimate of drug-likeness (QED) is 0.165. The van der Waals surface area contributed by atoms with Crippen molar-refractivity contribution in [1.29, 1.82) is 0 Å². The Kier molecular flexibility index (Phi) is 10.8. The third kappa shape index (κ3) is 8.87. The molecule has 1 aliphatic rings. The maximum Gasteiger partial charge on any atom is 0.339 e. The lowest BCUT2D eigenvalue weighted by Gasteiger charge is -2.26. The molecule has 0 saturated heterocycles. The number of pyridine rings is 1. The molecule has 1 fully saturated rings. The zero-order valence-electron chi connectivity index (χ0n) is 21.1. The molecule has 0 atom stereocenters. The van der Waals surface area contributed by atoms with E-state index in [0.717, 1.165) is 62.8 Å². The van der Waals surface area contributed by atoms with Gasteiger partial charge in [0, 0.05) is 11.8 Å². The number of nitrogens with zero attached hydrogens (tertiary/aromatic N) is 1. The molecule has 0 bridgehead atoms. The van der Waals surface area contributed by atoms with Gasteiger partial charge in [0.2, 0.25) is 0 Å². The normalized spacial score (nSPS) is 17.2. The van der Waals surface area contributed by atoms with Gasteiger partial charge in [-0.05, 0) is 80.3 Å². The number of unbranched alkanes of at least 4 members (excludes halogenated alkanes) is 3. The number of rotatable bonds is 10. The average molecular weight is 476 g/mol. The zero-order valence-corrected chi connectivity index (χ0v) is 21.1. The van der Waals surface area contributed by atoms with Crippen LogP contribution in [0.25, 0.3) is 0 Å². The van der Waals surface area contributed by atoms with Gasteiger partial charge in [-0.3, -0.25) is 4.79 Å². The number of carbonyl (C=O) groups excluding carboxylic acids is 2. The summed E-state index contributed by atoms with van der Waals surface area (Å²) in [5.41, 5.74) is 1.79. The SMILES string of the molecule is CCCCCCOC(=O)c1ccc(C#Cc2ccc(OC(=O)C3CCC(CCC)CC3)cc2)nc1. The van der Waals surface area contributed by atoms with Gasteiger partial charge < -0.3 is 9.47 Å². The molecule has 5 nitrogen and oxygen atoms in total. The highest BCUT2D eigenvalue weighted by Crippen LogP contribution is 2.32. The first-order valence-electron chi connectivity index (χ1n) is 13.1. The van der Waals surface area contributed by atoms with E-state index in [2.05, 4.69) is 30.7 Å². The van der Waals surface area contributed by atoms with Gasteiger partial charge in [-0.15, -0.1) is 0 Å². The summed E-state index contributed by atoms with van der Waals surface area (Å²) in [5.74, 6) is 6.90. The van der Waals surface area contributed by atoms with Crippen LogP contribution in [0.3, 0.4) is 0 Å². The van der Waals surface area contributed by atoms with Gasteiger partial charge in [0.25, 0.3) is 0 Å². The molecular formula is C30H37NO4. The first-order chi connectivity index (χ1) is 17.1. The fourth-order valence-electron chi connectivity index (χ4n) is 4.40. The summed E-state index contributed by atoms with van der Waals surface area (Å²) in [4.78, 5) is 28.9. The second-order valence-electron chi connectivity index (χ2n) is 9.33. The number of hydrogen-bond donors (Lipinski definition) is 0. The van der Waals surface area contributed by atoms with Crippen molar-refractivity contribution in [2.75, 3.05) is 6.61 Å². The second kappa shape index (κ2) is 14.3. The van der Waals surface area contributed by atoms with Gasteiger partial charge in [-0.2, -0.15) is 0 Å². The van der Waals surface area contributed by atoms with Gasteiger partial charge >= 0.3 is 11.9 Å². The first kappa shape index (κ1) is 26.5. The minimum absolute atomic E-state index is 0.00922. The number of benzene rings is 1. The van der Waals surface area contributed by atoms with Crippen molar-refractivity contribution >= 4 is 11.9 Å². The van der Waals surface area contributed by atoms with Gasteiger partial charge in [-0.1, -0.05) is 51.9 Å². The minimum Gasteiger partial charge on any atom is -0.462 e. The van der Waals surface area contributed by atoms with Crippen LogP contribution in [0.2, 0.25) is 0 Å². The summed E-state index contributed by atoms with van der Waals surface area (Å²) < 4.78 is 10.9. The molecule has 186 valence electrons. The number of carbonyl (C=O) groups is 2. The molecule has 1 aromatic heterocycles. The highest BCUT2D eigenvalue weighted by Gasteiger charge is 2.27. The fraction of sp³-hybridized carbons (Fsp3) is 0.500. The molecule has 3 rings (SSSR count). The predicted octanol–water partition coefficient (Wildman–Crippen LogP) is 6.73. The Morgan fingerprint density at radius 1 is 0.914 bits per heavy atom. The van der Waals surface area contributed by atoms with Gasteiger partial charge in [0.15, 0.2) is 0 Å². The first-order valence-corrected chi connectivity index (χ1v) is 13.1. The third-order valence-electron chi connectivity index (χ3n) is 6.51. The van der Waals surface area contributed by atoms with E-state index in [1.807, 2.05) is 12.1 Å². The van der Waals surface area contributed by atoms with Crippen LogP contribution in [0.4, 0.5) is 0 Å². The lowest BCUT2D eigenvalue weighted by Crippen LogP contribution is -2.25. The molecule has 0 N–H and O–H groups in total. The summed E-state index contributed by atoms with van der Waals surface area (Å²) in [7, 11) is 0. The highest BCUT2D eigenvalue weighted by atomic mass is 16.5. The summed E-state index contributed by atoms with van der Waals surface area (Å²) in [5, 5.41) is 0. The van der Waals surface area contributed by atoms with E-state index in [4.69, 9.17) is 9.47 Å². The van der Waals surface area contributed by atoms with Crippen LogP contribution in [-0.4, -0.2) is 23.5 Å². The summed E-state index contributed by atoms with van der Waals surface area (Å²) in [6.07, 6.45) is 12.3. The third-order valence-corrected chi connectivity index (χ3v) is 6.51. The van der Waals surface area contributed by atoms with Crippen molar-refractivity contribution in [1.82, 2.24) is 4.98 Å². The molecule has 0 unspecified atom stereocenters. The molecular weight excluding hydrogens is 438 g/mol. The lowest BCUT2D eigenvalue weighted by molar-refractivity contribution is -0.140. The van der Waals surface area contributed by atoms with E-state index in [1.54, 1.807) is 24.3 Å². The molecule has 0 spiro atoms. The Bertz CT molecular complexity index is 993. The van der Waals surface area contributed by atoms with E-state index in [9.17, 15) is 9.59 Å². The molecule has 2 aromatic rings. The average Bonchev–Trinajstić information content (AvgIpc) is 2.89. The summed E-state index contributed by atoms with van der Waals surface area (Å²) in [6, 6.07) is 10.6. The van der Waals surface area contributed by atoms with Crippen LogP contribution in [0.5, 0.6) is 5.75 Å². The fourth-order valence-corrected chi connectivity index (χ4v) is 4.40. The van der Waals surface area contributed by atoms with Crippen LogP contribution in [0.1, 0.15) is 99.7 Å². The van der Waals surface area contributed by atoms with Crippen LogP contribution in [0, 0.1) is 23.7 Å². The van der Waals surface area contributed by atoms with E-state index >= 15 is 0 Å². The molecule has 0 amide bonds. The standard InChI is InChI=1S/C30H37NO4/c1-3-5-6-7-21-34-29(32)26-16-18-27(31-22-26)17-11-24-12-19-28(20-13-24)35-30(33)25-14-9-23(8-4-2)10-15-25/h12-13,16,18-20,22-23,25H,3-10,14-15,21H2,1-2H3. The maximum atomic E-state index is 12.5. The van der Waals surface area contributed by atoms with Crippen molar-refractivity contribution in [3.05, 3.63) is 59.4 Å². The van der Waals surface area contributed by atoms with Crippen molar-refractivity contribution in [2.45, 2.75) is 78.1 Å². The van der Waals surface area contributed by atoms with Crippen molar-refractivity contribution < 1.29 is 19.1 Å². The highest BCUT2D eigenvalue weighted by molar-refractivity contribution is 5.89. The Hall–Kier alpha value is -3.13. The number of hydrogen-bond acceptors (Lipinski definition) is 5. The predicted molar refractivity (Wildman–Crippen MR) is 137 cm³/mol. The molecule has 35 heavy (non-hydrogen) atoms. The molecule has 5 heteroatoms. The molecule has 1 aromatic carbocycles. The molecule has 1 heterocycles. The number of esters is 2. The largest absolute Gasteiger partial charge is 0.462 e. The van der Waals surface area contributed by atoms with E-state index in [1.165, 1.54) is 19.0 Å². The van der Waals surface area contributed by atoms with Gasteiger partial charge in [0.05, 0.1) is 18.1 Å². The molecule has 0 radical (unpaired) electrons.